The maximum atomic E-state index is 4.88. The van der Waals surface area contributed by atoms with Gasteiger partial charge in [0.1, 0.15) is 0 Å². The highest BCUT2D eigenvalue weighted by Gasteiger charge is 2.14. The van der Waals surface area contributed by atoms with Crippen molar-refractivity contribution in [1.82, 2.24) is 9.97 Å². The van der Waals surface area contributed by atoms with Gasteiger partial charge in [0, 0.05) is 43.0 Å². The molecule has 0 atom stereocenters. The lowest BCUT2D eigenvalue weighted by atomic mass is 10.00. The van der Waals surface area contributed by atoms with E-state index in [1.54, 1.807) is 22.7 Å². The minimum atomic E-state index is 0.993. The molecule has 0 saturated carbocycles. The smallest absolute Gasteiger partial charge is 0.0974 e. The zero-order chi connectivity index (χ0) is 17.7. The van der Waals surface area contributed by atoms with E-state index in [2.05, 4.69) is 73.1 Å². The van der Waals surface area contributed by atoms with Gasteiger partial charge in [-0.1, -0.05) is 24.3 Å². The average Bonchev–Trinajstić information content (AvgIpc) is 3.34. The highest BCUT2D eigenvalue weighted by Crippen LogP contribution is 2.38. The molecule has 5 rings (SSSR count). The number of nitrogens with zero attached hydrogens (tertiary/aromatic N) is 2. The van der Waals surface area contributed by atoms with Crippen molar-refractivity contribution in [3.8, 4) is 20.9 Å². The van der Waals surface area contributed by atoms with Gasteiger partial charge in [-0.05, 0) is 48.9 Å². The molecule has 0 N–H and O–H groups in total. The van der Waals surface area contributed by atoms with Gasteiger partial charge >= 0.3 is 0 Å². The van der Waals surface area contributed by atoms with Crippen LogP contribution in [0.25, 0.3) is 42.7 Å². The van der Waals surface area contributed by atoms with Crippen molar-refractivity contribution in [3.63, 3.8) is 0 Å². The monoisotopic (exact) mass is 372 g/mol. The van der Waals surface area contributed by atoms with Crippen LogP contribution in [0.15, 0.2) is 59.3 Å². The van der Waals surface area contributed by atoms with Gasteiger partial charge in [-0.15, -0.1) is 22.7 Å². The molecule has 5 aromatic rings. The quantitative estimate of drug-likeness (QED) is 0.316. The highest BCUT2D eigenvalue weighted by atomic mass is 32.1. The average molecular weight is 373 g/mol. The fourth-order valence-corrected chi connectivity index (χ4v) is 5.02. The predicted molar refractivity (Wildman–Crippen MR) is 113 cm³/mol. The van der Waals surface area contributed by atoms with E-state index >= 15 is 0 Å². The molecule has 0 spiro atoms. The zero-order valence-corrected chi connectivity index (χ0v) is 16.1. The summed E-state index contributed by atoms with van der Waals surface area (Å²) in [5, 5.41) is 6.58. The van der Waals surface area contributed by atoms with Gasteiger partial charge in [0.2, 0.25) is 0 Å². The number of thiophene rings is 2. The van der Waals surface area contributed by atoms with Crippen molar-refractivity contribution in [1.29, 1.82) is 0 Å². The lowest BCUT2D eigenvalue weighted by molar-refractivity contribution is 1.23. The van der Waals surface area contributed by atoms with Crippen molar-refractivity contribution < 1.29 is 0 Å². The Hall–Kier alpha value is -2.56. The molecular formula is C22H16N2S2. The van der Waals surface area contributed by atoms with Gasteiger partial charge in [0.25, 0.3) is 0 Å². The van der Waals surface area contributed by atoms with Crippen molar-refractivity contribution >= 4 is 44.5 Å². The summed E-state index contributed by atoms with van der Waals surface area (Å²) in [6, 6.07) is 17.3. The molecule has 1 aromatic carbocycles. The number of aromatic nitrogens is 2. The third-order valence-electron chi connectivity index (χ3n) is 4.59. The van der Waals surface area contributed by atoms with Crippen molar-refractivity contribution in [2.24, 2.45) is 0 Å². The van der Waals surface area contributed by atoms with Crippen LogP contribution in [0.1, 0.15) is 11.4 Å². The number of benzene rings is 1. The molecule has 0 amide bonds. The Morgan fingerprint density at radius 3 is 1.50 bits per heavy atom. The third-order valence-corrected chi connectivity index (χ3v) is 6.39. The van der Waals surface area contributed by atoms with Crippen molar-refractivity contribution in [2.75, 3.05) is 0 Å². The van der Waals surface area contributed by atoms with Crippen LogP contribution in [-0.4, -0.2) is 9.97 Å². The van der Waals surface area contributed by atoms with Crippen molar-refractivity contribution in [2.45, 2.75) is 13.8 Å². The Morgan fingerprint density at radius 1 is 0.654 bits per heavy atom. The first-order valence-corrected chi connectivity index (χ1v) is 10.3. The summed E-state index contributed by atoms with van der Waals surface area (Å²) < 4.78 is 0. The molecule has 2 nitrogen and oxygen atoms in total. The molecule has 0 aliphatic heterocycles. The third kappa shape index (κ3) is 2.45. The van der Waals surface area contributed by atoms with E-state index in [9.17, 15) is 0 Å². The molecule has 4 heterocycles. The number of hydrogen-bond donors (Lipinski definition) is 0. The molecule has 0 bridgehead atoms. The van der Waals surface area contributed by atoms with Crippen LogP contribution in [0, 0.1) is 13.8 Å². The highest BCUT2D eigenvalue weighted by molar-refractivity contribution is 7.14. The van der Waals surface area contributed by atoms with Crippen molar-refractivity contribution in [3.05, 3.63) is 70.7 Å². The second kappa shape index (κ2) is 6.01. The molecule has 0 aliphatic rings. The number of rotatable bonds is 2. The molecule has 126 valence electrons. The fraction of sp³-hybridized carbons (Fsp3) is 0.0909. The molecule has 4 aromatic heterocycles. The van der Waals surface area contributed by atoms with Gasteiger partial charge in [-0.25, -0.2) is 0 Å². The topological polar surface area (TPSA) is 25.8 Å². The number of aryl methyl sites for hydroxylation is 2. The maximum absolute atomic E-state index is 4.88. The second-order valence-electron chi connectivity index (χ2n) is 6.43. The zero-order valence-electron chi connectivity index (χ0n) is 14.5. The van der Waals surface area contributed by atoms with Gasteiger partial charge in [-0.3, -0.25) is 9.97 Å². The van der Waals surface area contributed by atoms with Crippen LogP contribution < -0.4 is 0 Å². The summed E-state index contributed by atoms with van der Waals surface area (Å²) in [5.74, 6) is 0. The minimum Gasteiger partial charge on any atom is -0.251 e. The summed E-state index contributed by atoms with van der Waals surface area (Å²) in [4.78, 5) is 12.3. The second-order valence-corrected chi connectivity index (χ2v) is 8.33. The molecule has 4 heteroatoms. The fourth-order valence-electron chi connectivity index (χ4n) is 3.50. The minimum absolute atomic E-state index is 0.993. The predicted octanol–water partition coefficient (Wildman–Crippen LogP) is 6.86. The Balaban J connectivity index is 1.92. The first kappa shape index (κ1) is 15.7. The van der Waals surface area contributed by atoms with E-state index < -0.39 is 0 Å². The van der Waals surface area contributed by atoms with E-state index in [0.717, 1.165) is 22.4 Å². The van der Waals surface area contributed by atoms with E-state index in [1.165, 1.54) is 31.7 Å². The summed E-state index contributed by atoms with van der Waals surface area (Å²) in [7, 11) is 0. The standard InChI is InChI=1S/C22H16N2S2/c1-13-11-17(19-5-3-9-25-19)15-7-8-16-18(20-6-4-10-26-20)12-14(2)24-22(16)21(15)23-13/h3-12H,1-2H3. The lowest BCUT2D eigenvalue weighted by Gasteiger charge is -2.12. The van der Waals surface area contributed by atoms with Gasteiger partial charge in [0.05, 0.1) is 11.0 Å². The Bertz CT molecular complexity index is 1140. The largest absolute Gasteiger partial charge is 0.251 e. The van der Waals surface area contributed by atoms with Crippen LogP contribution in [0.5, 0.6) is 0 Å². The molecule has 0 aliphatic carbocycles. The van der Waals surface area contributed by atoms with E-state index in [4.69, 9.17) is 9.97 Å². The Kier molecular flexibility index (Phi) is 3.62. The molecule has 0 fully saturated rings. The van der Waals surface area contributed by atoms with Crippen LogP contribution in [0.2, 0.25) is 0 Å². The van der Waals surface area contributed by atoms with Crippen LogP contribution in [-0.2, 0) is 0 Å². The molecule has 26 heavy (non-hydrogen) atoms. The van der Waals surface area contributed by atoms with Gasteiger partial charge in [-0.2, -0.15) is 0 Å². The SMILES string of the molecule is Cc1cc(-c2cccs2)c2ccc3c(-c4cccs4)cc(C)nc3c2n1. The van der Waals surface area contributed by atoms with E-state index in [1.807, 2.05) is 0 Å². The van der Waals surface area contributed by atoms with Gasteiger partial charge in [0.15, 0.2) is 0 Å². The molecule has 0 saturated heterocycles. The van der Waals surface area contributed by atoms with E-state index in [-0.39, 0.29) is 0 Å². The summed E-state index contributed by atoms with van der Waals surface area (Å²) in [6.45, 7) is 4.12. The van der Waals surface area contributed by atoms with Gasteiger partial charge < -0.3 is 0 Å². The Labute approximate surface area is 159 Å². The molecule has 0 unspecified atom stereocenters. The Morgan fingerprint density at radius 2 is 1.12 bits per heavy atom. The summed E-state index contributed by atoms with van der Waals surface area (Å²) in [5.41, 5.74) is 6.51. The normalized spacial score (nSPS) is 11.5. The lowest BCUT2D eigenvalue weighted by Crippen LogP contribution is -1.93. The molecule has 0 radical (unpaired) electrons. The van der Waals surface area contributed by atoms with Crippen LogP contribution in [0.3, 0.4) is 0 Å². The van der Waals surface area contributed by atoms with E-state index in [0.29, 0.717) is 0 Å². The van der Waals surface area contributed by atoms with Crippen LogP contribution in [0.4, 0.5) is 0 Å². The number of hydrogen-bond acceptors (Lipinski definition) is 4. The first-order chi connectivity index (χ1) is 12.7. The van der Waals surface area contributed by atoms with Crippen LogP contribution >= 0.6 is 22.7 Å². The summed E-state index contributed by atoms with van der Waals surface area (Å²) >= 11 is 3.53. The first-order valence-electron chi connectivity index (χ1n) is 8.50. The molecular weight excluding hydrogens is 356 g/mol. The maximum Gasteiger partial charge on any atom is 0.0974 e. The summed E-state index contributed by atoms with van der Waals surface area (Å²) in [6.07, 6.45) is 0. The number of pyridine rings is 2. The number of fused-ring (bicyclic) bond motifs is 3.